The fourth-order valence-corrected chi connectivity index (χ4v) is 3.04. The van der Waals surface area contributed by atoms with Crippen molar-refractivity contribution in [1.29, 1.82) is 0 Å². The lowest BCUT2D eigenvalue weighted by molar-refractivity contribution is -0.146. The Hall–Kier alpha value is -2.80. The second-order valence-electron chi connectivity index (χ2n) is 5.56. The van der Waals surface area contributed by atoms with Gasteiger partial charge in [0.15, 0.2) is 6.61 Å². The first kappa shape index (κ1) is 20.5. The number of ether oxygens (including phenoxy) is 1. The van der Waals surface area contributed by atoms with E-state index in [4.69, 9.17) is 4.74 Å². The molecule has 6 nitrogen and oxygen atoms in total. The molecule has 0 heterocycles. The number of amides is 2. The third-order valence-corrected chi connectivity index (χ3v) is 4.44. The molecule has 0 fully saturated rings. The quantitative estimate of drug-likeness (QED) is 0.511. The van der Waals surface area contributed by atoms with E-state index in [9.17, 15) is 14.4 Å². The van der Waals surface area contributed by atoms with Crippen molar-refractivity contribution in [1.82, 2.24) is 5.32 Å². The van der Waals surface area contributed by atoms with E-state index >= 15 is 0 Å². The number of rotatable bonds is 9. The second kappa shape index (κ2) is 11.0. The van der Waals surface area contributed by atoms with Crippen molar-refractivity contribution in [2.45, 2.75) is 18.2 Å². The van der Waals surface area contributed by atoms with E-state index in [0.29, 0.717) is 23.5 Å². The maximum absolute atomic E-state index is 11.9. The molecule has 27 heavy (non-hydrogen) atoms. The molecule has 0 bridgehead atoms. The molecule has 0 aliphatic carbocycles. The first-order chi connectivity index (χ1) is 13.1. The Morgan fingerprint density at radius 1 is 1.04 bits per heavy atom. The molecule has 0 aromatic heterocycles. The third-order valence-electron chi connectivity index (χ3n) is 3.43. The summed E-state index contributed by atoms with van der Waals surface area (Å²) in [5, 5.41) is 5.31. The van der Waals surface area contributed by atoms with Crippen LogP contribution in [0.4, 0.5) is 5.69 Å². The monoisotopic (exact) mass is 386 g/mol. The minimum absolute atomic E-state index is 0.212. The lowest BCUT2D eigenvalue weighted by Gasteiger charge is -2.08. The van der Waals surface area contributed by atoms with Gasteiger partial charge in [-0.05, 0) is 37.3 Å². The lowest BCUT2D eigenvalue weighted by atomic mass is 10.2. The van der Waals surface area contributed by atoms with E-state index in [2.05, 4.69) is 10.6 Å². The molecular weight excluding hydrogens is 364 g/mol. The number of esters is 1. The molecule has 0 saturated heterocycles. The van der Waals surface area contributed by atoms with Gasteiger partial charge in [0.05, 0.1) is 6.42 Å². The van der Waals surface area contributed by atoms with Crippen LogP contribution in [0.3, 0.4) is 0 Å². The predicted molar refractivity (Wildman–Crippen MR) is 106 cm³/mol. The second-order valence-corrected chi connectivity index (χ2v) is 6.73. The number of hydrogen-bond acceptors (Lipinski definition) is 5. The molecule has 0 unspecified atom stereocenters. The molecule has 2 N–H and O–H groups in total. The number of nitrogens with one attached hydrogen (secondary N) is 2. The van der Waals surface area contributed by atoms with Gasteiger partial charge < -0.3 is 15.4 Å². The van der Waals surface area contributed by atoms with Crippen LogP contribution in [0.2, 0.25) is 0 Å². The van der Waals surface area contributed by atoms with E-state index in [0.717, 1.165) is 4.90 Å². The Balaban J connectivity index is 1.71. The highest BCUT2D eigenvalue weighted by Gasteiger charge is 2.10. The summed E-state index contributed by atoms with van der Waals surface area (Å²) in [6, 6.07) is 16.3. The minimum atomic E-state index is -0.452. The number of carbonyl (C=O) groups is 3. The van der Waals surface area contributed by atoms with Crippen LogP contribution in [0.25, 0.3) is 0 Å². The lowest BCUT2D eigenvalue weighted by Crippen LogP contribution is -2.23. The molecule has 2 aromatic rings. The van der Waals surface area contributed by atoms with Gasteiger partial charge in [-0.1, -0.05) is 24.3 Å². The largest absolute Gasteiger partial charge is 0.456 e. The summed E-state index contributed by atoms with van der Waals surface area (Å²) in [4.78, 5) is 36.5. The van der Waals surface area contributed by atoms with Crippen molar-refractivity contribution in [2.75, 3.05) is 24.2 Å². The fraction of sp³-hybridized carbons (Fsp3) is 0.250. The van der Waals surface area contributed by atoms with Crippen LogP contribution in [0.1, 0.15) is 23.7 Å². The molecule has 7 heteroatoms. The number of hydrogen-bond donors (Lipinski definition) is 2. The zero-order valence-electron chi connectivity index (χ0n) is 15.1. The Bertz CT molecular complexity index is 781. The van der Waals surface area contributed by atoms with Gasteiger partial charge in [-0.15, -0.1) is 11.8 Å². The molecule has 0 saturated carbocycles. The molecule has 0 atom stereocenters. The van der Waals surface area contributed by atoms with Crippen LogP contribution in [-0.4, -0.2) is 36.7 Å². The van der Waals surface area contributed by atoms with Gasteiger partial charge in [-0.25, -0.2) is 0 Å². The van der Waals surface area contributed by atoms with Crippen LogP contribution in [0, 0.1) is 0 Å². The number of carbonyl (C=O) groups excluding carboxylic acids is 3. The maximum atomic E-state index is 11.9. The molecule has 142 valence electrons. The molecule has 0 aliphatic heterocycles. The van der Waals surface area contributed by atoms with Crippen LogP contribution in [0.15, 0.2) is 59.5 Å². The summed E-state index contributed by atoms with van der Waals surface area (Å²) in [5.74, 6) is -0.508. The van der Waals surface area contributed by atoms with Gasteiger partial charge in [0, 0.05) is 28.4 Å². The van der Waals surface area contributed by atoms with Crippen LogP contribution in [-0.2, 0) is 14.3 Å². The van der Waals surface area contributed by atoms with Gasteiger partial charge >= 0.3 is 5.97 Å². The van der Waals surface area contributed by atoms with Gasteiger partial charge in [0.2, 0.25) is 0 Å². The normalized spacial score (nSPS) is 10.1. The van der Waals surface area contributed by atoms with Gasteiger partial charge in [0.25, 0.3) is 11.8 Å². The standard InChI is InChI=1S/C20H22N2O4S/c1-2-21-20(25)15-7-6-8-16(13-15)22-18(23)14-26-19(24)11-12-27-17-9-4-3-5-10-17/h3-10,13H,2,11-12,14H2,1H3,(H,21,25)(H,22,23). The molecule has 2 rings (SSSR count). The van der Waals surface area contributed by atoms with Crippen LogP contribution >= 0.6 is 11.8 Å². The Morgan fingerprint density at radius 2 is 1.81 bits per heavy atom. The van der Waals surface area contributed by atoms with Crippen molar-refractivity contribution in [3.8, 4) is 0 Å². The molecular formula is C20H22N2O4S. The number of anilines is 1. The van der Waals surface area contributed by atoms with Crippen molar-refractivity contribution in [2.24, 2.45) is 0 Å². The Kier molecular flexibility index (Phi) is 8.38. The molecule has 0 spiro atoms. The van der Waals surface area contributed by atoms with Gasteiger partial charge in [-0.3, -0.25) is 14.4 Å². The zero-order chi connectivity index (χ0) is 19.5. The van der Waals surface area contributed by atoms with Crippen molar-refractivity contribution >= 4 is 35.2 Å². The Labute approximate surface area is 162 Å². The van der Waals surface area contributed by atoms with Crippen LogP contribution < -0.4 is 10.6 Å². The van der Waals surface area contributed by atoms with E-state index in [1.54, 1.807) is 36.0 Å². The molecule has 2 aromatic carbocycles. The fourth-order valence-electron chi connectivity index (χ4n) is 2.19. The van der Waals surface area contributed by atoms with Gasteiger partial charge in [-0.2, -0.15) is 0 Å². The Morgan fingerprint density at radius 3 is 2.56 bits per heavy atom. The topological polar surface area (TPSA) is 84.5 Å². The first-order valence-electron chi connectivity index (χ1n) is 8.60. The summed E-state index contributed by atoms with van der Waals surface area (Å²) < 4.78 is 4.99. The predicted octanol–water partition coefficient (Wildman–Crippen LogP) is 3.10. The molecule has 0 radical (unpaired) electrons. The third kappa shape index (κ3) is 7.53. The van der Waals surface area contributed by atoms with Crippen molar-refractivity contribution in [3.63, 3.8) is 0 Å². The van der Waals surface area contributed by atoms with Crippen molar-refractivity contribution in [3.05, 3.63) is 60.2 Å². The molecule has 0 aliphatic rings. The summed E-state index contributed by atoms with van der Waals surface area (Å²) in [6.07, 6.45) is 0.222. The summed E-state index contributed by atoms with van der Waals surface area (Å²) >= 11 is 1.55. The number of benzene rings is 2. The van der Waals surface area contributed by atoms with E-state index in [1.807, 2.05) is 37.3 Å². The maximum Gasteiger partial charge on any atom is 0.307 e. The minimum Gasteiger partial charge on any atom is -0.456 e. The number of thioether (sulfide) groups is 1. The van der Waals surface area contributed by atoms with Gasteiger partial charge in [0.1, 0.15) is 0 Å². The first-order valence-corrected chi connectivity index (χ1v) is 9.58. The highest BCUT2D eigenvalue weighted by Crippen LogP contribution is 2.17. The highest BCUT2D eigenvalue weighted by atomic mass is 32.2. The summed E-state index contributed by atoms with van der Waals surface area (Å²) in [7, 11) is 0. The summed E-state index contributed by atoms with van der Waals surface area (Å²) in [5.41, 5.74) is 0.920. The van der Waals surface area contributed by atoms with Crippen molar-refractivity contribution < 1.29 is 19.1 Å². The zero-order valence-corrected chi connectivity index (χ0v) is 15.9. The average molecular weight is 386 g/mol. The SMILES string of the molecule is CCNC(=O)c1cccc(NC(=O)COC(=O)CCSc2ccccc2)c1. The molecule has 2 amide bonds. The van der Waals surface area contributed by atoms with E-state index in [1.165, 1.54) is 0 Å². The summed E-state index contributed by atoms with van der Waals surface area (Å²) in [6.45, 7) is 1.99. The van der Waals surface area contributed by atoms with E-state index < -0.39 is 11.9 Å². The smallest absolute Gasteiger partial charge is 0.307 e. The average Bonchev–Trinajstić information content (AvgIpc) is 2.68. The van der Waals surface area contributed by atoms with Crippen LogP contribution in [0.5, 0.6) is 0 Å². The van der Waals surface area contributed by atoms with E-state index in [-0.39, 0.29) is 18.9 Å². The highest BCUT2D eigenvalue weighted by molar-refractivity contribution is 7.99.